The van der Waals surface area contributed by atoms with Crippen LogP contribution in [0.3, 0.4) is 0 Å². The number of amides is 2. The van der Waals surface area contributed by atoms with Crippen molar-refractivity contribution in [1.82, 2.24) is 24.5 Å². The molecule has 12 nitrogen and oxygen atoms in total. The average molecular weight is 651 g/mol. The number of fused-ring (bicyclic) bond motifs is 2. The molecule has 0 aliphatic carbocycles. The summed E-state index contributed by atoms with van der Waals surface area (Å²) < 4.78 is 21.1. The Kier molecular flexibility index (Phi) is 8.16. The number of rotatable bonds is 6. The second-order valence-corrected chi connectivity index (χ2v) is 13.9. The van der Waals surface area contributed by atoms with Crippen LogP contribution in [-0.2, 0) is 14.0 Å². The average Bonchev–Trinajstić information content (AvgIpc) is 3.47. The van der Waals surface area contributed by atoms with E-state index >= 15 is 0 Å². The van der Waals surface area contributed by atoms with Crippen LogP contribution in [0.5, 0.6) is 0 Å². The van der Waals surface area contributed by atoms with Crippen molar-refractivity contribution in [2.45, 2.75) is 78.2 Å². The van der Waals surface area contributed by atoms with E-state index in [0.717, 1.165) is 0 Å². The third-order valence-electron chi connectivity index (χ3n) is 8.66. The van der Waals surface area contributed by atoms with Gasteiger partial charge in [0, 0.05) is 29.2 Å². The number of para-hydroxylation sites is 1. The van der Waals surface area contributed by atoms with Crippen molar-refractivity contribution in [3.63, 3.8) is 0 Å². The van der Waals surface area contributed by atoms with Gasteiger partial charge >= 0.3 is 13.2 Å². The molecule has 248 valence electrons. The number of aromatic nitrogens is 4. The topological polar surface area (TPSA) is 138 Å². The van der Waals surface area contributed by atoms with Gasteiger partial charge in [-0.2, -0.15) is 0 Å². The van der Waals surface area contributed by atoms with Gasteiger partial charge in [-0.05, 0) is 90.5 Å². The first-order valence-electron chi connectivity index (χ1n) is 15.8. The van der Waals surface area contributed by atoms with Crippen LogP contribution in [0.2, 0.25) is 0 Å². The number of carbonyl (C=O) groups excluding carboxylic acids is 2. The Bertz CT molecular complexity index is 2080. The normalized spacial score (nSPS) is 16.2. The molecule has 2 amide bonds. The van der Waals surface area contributed by atoms with Crippen LogP contribution in [0.15, 0.2) is 77.9 Å². The maximum absolute atomic E-state index is 14.6. The molecule has 5 aromatic rings. The van der Waals surface area contributed by atoms with E-state index in [2.05, 4.69) is 20.7 Å². The Morgan fingerprint density at radius 3 is 2.33 bits per heavy atom. The van der Waals surface area contributed by atoms with Gasteiger partial charge in [0.15, 0.2) is 11.5 Å². The summed E-state index contributed by atoms with van der Waals surface area (Å²) in [5, 5.41) is 11.1. The predicted molar refractivity (Wildman–Crippen MR) is 184 cm³/mol. The van der Waals surface area contributed by atoms with E-state index in [9.17, 15) is 14.4 Å². The van der Waals surface area contributed by atoms with E-state index in [1.165, 1.54) is 10.7 Å². The van der Waals surface area contributed by atoms with Crippen molar-refractivity contribution in [3.8, 4) is 5.69 Å². The maximum atomic E-state index is 14.6. The summed E-state index contributed by atoms with van der Waals surface area (Å²) in [4.78, 5) is 45.6. The Morgan fingerprint density at radius 2 is 1.67 bits per heavy atom. The third-order valence-corrected chi connectivity index (χ3v) is 8.66. The quantitative estimate of drug-likeness (QED) is 0.240. The van der Waals surface area contributed by atoms with Crippen molar-refractivity contribution in [2.24, 2.45) is 0 Å². The predicted octanol–water partition coefficient (Wildman–Crippen LogP) is 5.17. The smallest absolute Gasteiger partial charge is 0.444 e. The van der Waals surface area contributed by atoms with E-state index in [1.807, 2.05) is 82.3 Å². The van der Waals surface area contributed by atoms with Crippen LogP contribution >= 0.6 is 0 Å². The van der Waals surface area contributed by atoms with E-state index in [1.54, 1.807) is 44.5 Å². The van der Waals surface area contributed by atoms with Crippen LogP contribution in [-0.4, -0.2) is 55.1 Å². The summed E-state index contributed by atoms with van der Waals surface area (Å²) in [5.41, 5.74) is -0.187. The zero-order chi connectivity index (χ0) is 34.6. The van der Waals surface area contributed by atoms with Crippen molar-refractivity contribution < 1.29 is 23.6 Å². The molecule has 1 aliphatic rings. The van der Waals surface area contributed by atoms with Crippen molar-refractivity contribution >= 4 is 46.8 Å². The van der Waals surface area contributed by atoms with Crippen molar-refractivity contribution in [1.29, 1.82) is 0 Å². The molecule has 1 saturated heterocycles. The monoisotopic (exact) mass is 650 g/mol. The van der Waals surface area contributed by atoms with E-state index < -0.39 is 42.0 Å². The zero-order valence-electron chi connectivity index (χ0n) is 28.3. The molecule has 4 heterocycles. The van der Waals surface area contributed by atoms with Gasteiger partial charge in [-0.1, -0.05) is 36.4 Å². The molecule has 1 atom stereocenters. The van der Waals surface area contributed by atoms with Gasteiger partial charge < -0.3 is 19.4 Å². The van der Waals surface area contributed by atoms with Crippen molar-refractivity contribution in [3.05, 3.63) is 94.7 Å². The molecule has 6 rings (SSSR count). The van der Waals surface area contributed by atoms with Gasteiger partial charge in [0.1, 0.15) is 11.2 Å². The molecule has 0 saturated carbocycles. The molecule has 0 bridgehead atoms. The molecule has 1 unspecified atom stereocenters. The number of anilines is 1. The number of ether oxygens (including phenoxy) is 1. The SMILES string of the molecule is CC(NC(=O)c1c(NC(=O)OC(C)(C)C)nn2cccnc12)c1cc2cccc(B3OC(C)(C)C(C)(C)O3)c2c(=O)n1-c1ccccc1. The summed E-state index contributed by atoms with van der Waals surface area (Å²) in [6.07, 6.45) is 2.39. The Labute approximate surface area is 278 Å². The van der Waals surface area contributed by atoms with Gasteiger partial charge in [-0.3, -0.25) is 19.5 Å². The van der Waals surface area contributed by atoms with Crippen LogP contribution in [0.4, 0.5) is 10.6 Å². The fourth-order valence-corrected chi connectivity index (χ4v) is 5.66. The lowest BCUT2D eigenvalue weighted by atomic mass is 9.76. The van der Waals surface area contributed by atoms with Gasteiger partial charge in [0.25, 0.3) is 11.5 Å². The van der Waals surface area contributed by atoms with Crippen LogP contribution < -0.4 is 21.7 Å². The lowest BCUT2D eigenvalue weighted by Gasteiger charge is -2.32. The summed E-state index contributed by atoms with van der Waals surface area (Å²) in [5.74, 6) is -0.570. The minimum absolute atomic E-state index is 0.0151. The van der Waals surface area contributed by atoms with Crippen LogP contribution in [0.25, 0.3) is 22.1 Å². The first-order valence-corrected chi connectivity index (χ1v) is 15.8. The number of hydrogen-bond donors (Lipinski definition) is 2. The first kappa shape index (κ1) is 32.9. The number of carbonyl (C=O) groups is 2. The molecular weight excluding hydrogens is 611 g/mol. The molecule has 0 radical (unpaired) electrons. The molecule has 48 heavy (non-hydrogen) atoms. The van der Waals surface area contributed by atoms with Crippen molar-refractivity contribution in [2.75, 3.05) is 5.32 Å². The van der Waals surface area contributed by atoms with Gasteiger partial charge in [0.05, 0.1) is 17.2 Å². The molecule has 3 aromatic heterocycles. The molecule has 1 fully saturated rings. The number of benzene rings is 2. The molecule has 0 spiro atoms. The Hall–Kier alpha value is -5.01. The Balaban J connectivity index is 1.43. The fraction of sp³-hybridized carbons (Fsp3) is 0.343. The standard InChI is InChI=1S/C35H39BN6O6/c1-21(38-30(43)27-28(39-32(45)46-33(2,3)4)40-41-19-13-18-37-29(27)41)25-20-22-14-12-17-24(36-47-34(5,6)35(7,8)48-36)26(22)31(44)42(25)23-15-10-9-11-16-23/h9-21H,1-8H3,(H,38,43)(H,39,40,45). The summed E-state index contributed by atoms with van der Waals surface area (Å²) in [6.45, 7) is 14.9. The van der Waals surface area contributed by atoms with Crippen LogP contribution in [0.1, 0.15) is 77.5 Å². The highest BCUT2D eigenvalue weighted by Crippen LogP contribution is 2.37. The molecular formula is C35H39BN6O6. The Morgan fingerprint density at radius 1 is 0.979 bits per heavy atom. The molecule has 2 N–H and O–H groups in total. The largest absolute Gasteiger partial charge is 0.495 e. The zero-order valence-corrected chi connectivity index (χ0v) is 28.3. The lowest BCUT2D eigenvalue weighted by Crippen LogP contribution is -2.41. The fourth-order valence-electron chi connectivity index (χ4n) is 5.66. The second-order valence-electron chi connectivity index (χ2n) is 13.9. The maximum Gasteiger partial charge on any atom is 0.495 e. The summed E-state index contributed by atoms with van der Waals surface area (Å²) in [6, 6.07) is 17.7. The highest BCUT2D eigenvalue weighted by Gasteiger charge is 2.52. The van der Waals surface area contributed by atoms with E-state index in [0.29, 0.717) is 27.6 Å². The van der Waals surface area contributed by atoms with Gasteiger partial charge in [-0.25, -0.2) is 14.3 Å². The number of nitrogens with one attached hydrogen (secondary N) is 2. The van der Waals surface area contributed by atoms with E-state index in [4.69, 9.17) is 14.0 Å². The second kappa shape index (κ2) is 11.9. The molecule has 1 aliphatic heterocycles. The summed E-state index contributed by atoms with van der Waals surface area (Å²) in [7, 11) is -0.752. The molecule has 2 aromatic carbocycles. The van der Waals surface area contributed by atoms with Gasteiger partial charge in [0.2, 0.25) is 0 Å². The van der Waals surface area contributed by atoms with E-state index in [-0.39, 0.29) is 22.6 Å². The number of nitrogens with zero attached hydrogens (tertiary/aromatic N) is 4. The highest BCUT2D eigenvalue weighted by atomic mass is 16.7. The minimum atomic E-state index is -0.766. The molecule has 13 heteroatoms. The lowest BCUT2D eigenvalue weighted by molar-refractivity contribution is 0.00578. The number of pyridine rings is 1. The first-order chi connectivity index (χ1) is 22.6. The minimum Gasteiger partial charge on any atom is -0.444 e. The highest BCUT2D eigenvalue weighted by molar-refractivity contribution is 6.65. The third kappa shape index (κ3) is 6.06. The van der Waals surface area contributed by atoms with Crippen LogP contribution in [0, 0.1) is 0 Å². The summed E-state index contributed by atoms with van der Waals surface area (Å²) >= 11 is 0. The van der Waals surface area contributed by atoms with Gasteiger partial charge in [-0.15, -0.1) is 5.10 Å². The number of hydrogen-bond acceptors (Lipinski definition) is 8.